The standard InChI is InChI=1S/C17H18O5/c1-7-5-10-6-11-13(16(20)12(10)9(3)22-7)14(18)8(2)17(21-4)15(11)19/h6-7,9,20H,5H2,1-4H3/t7-,9+/m0/s1. The van der Waals surface area contributed by atoms with Crippen LogP contribution >= 0.6 is 0 Å². The summed E-state index contributed by atoms with van der Waals surface area (Å²) in [5.74, 6) is -0.832. The summed E-state index contributed by atoms with van der Waals surface area (Å²) in [7, 11) is 1.37. The highest BCUT2D eigenvalue weighted by atomic mass is 16.5. The normalized spacial score (nSPS) is 24.2. The number of ether oxygens (including phenoxy) is 2. The Hall–Kier alpha value is -2.14. The first-order chi connectivity index (χ1) is 10.4. The first-order valence-corrected chi connectivity index (χ1v) is 7.25. The van der Waals surface area contributed by atoms with Crippen molar-refractivity contribution in [3.8, 4) is 5.75 Å². The topological polar surface area (TPSA) is 72.8 Å². The number of methoxy groups -OCH3 is 1. The molecule has 0 spiro atoms. The van der Waals surface area contributed by atoms with E-state index in [0.717, 1.165) is 5.56 Å². The lowest BCUT2D eigenvalue weighted by atomic mass is 9.82. The number of aromatic hydroxyl groups is 1. The molecule has 1 N–H and O–H groups in total. The van der Waals surface area contributed by atoms with Crippen molar-refractivity contribution >= 4 is 11.6 Å². The highest BCUT2D eigenvalue weighted by molar-refractivity contribution is 6.27. The van der Waals surface area contributed by atoms with Crippen LogP contribution in [0.25, 0.3) is 0 Å². The lowest BCUT2D eigenvalue weighted by Gasteiger charge is -2.31. The predicted octanol–water partition coefficient (Wildman–Crippen LogP) is 2.71. The number of phenolic OH excluding ortho intramolecular Hbond substituents is 1. The van der Waals surface area contributed by atoms with E-state index >= 15 is 0 Å². The number of rotatable bonds is 1. The number of allylic oxidation sites excluding steroid dienone is 2. The molecular weight excluding hydrogens is 284 g/mol. The van der Waals surface area contributed by atoms with Gasteiger partial charge in [0.1, 0.15) is 5.75 Å². The van der Waals surface area contributed by atoms with Crippen molar-refractivity contribution in [3.63, 3.8) is 0 Å². The summed E-state index contributed by atoms with van der Waals surface area (Å²) >= 11 is 0. The zero-order chi connectivity index (χ0) is 16.2. The van der Waals surface area contributed by atoms with Gasteiger partial charge in [-0.1, -0.05) is 0 Å². The molecule has 2 atom stereocenters. The Morgan fingerprint density at radius 1 is 1.27 bits per heavy atom. The third-order valence-corrected chi connectivity index (χ3v) is 4.34. The zero-order valence-electron chi connectivity index (χ0n) is 13.0. The molecule has 0 radical (unpaired) electrons. The van der Waals surface area contributed by atoms with Crippen molar-refractivity contribution in [2.24, 2.45) is 0 Å². The molecule has 0 amide bonds. The number of hydrogen-bond acceptors (Lipinski definition) is 5. The number of Topliss-reactive ketones (excluding diaryl/α,β-unsaturated/α-hetero) is 2. The minimum absolute atomic E-state index is 0.00600. The summed E-state index contributed by atoms with van der Waals surface area (Å²) in [5, 5.41) is 10.6. The van der Waals surface area contributed by atoms with Gasteiger partial charge < -0.3 is 14.6 Å². The van der Waals surface area contributed by atoms with Gasteiger partial charge in [0, 0.05) is 16.7 Å². The molecule has 2 aliphatic rings. The number of ketones is 2. The van der Waals surface area contributed by atoms with Gasteiger partial charge in [0.2, 0.25) is 5.78 Å². The molecule has 5 nitrogen and oxygen atoms in total. The molecule has 0 saturated carbocycles. The van der Waals surface area contributed by atoms with Crippen LogP contribution in [0.3, 0.4) is 0 Å². The van der Waals surface area contributed by atoms with E-state index in [1.807, 2.05) is 13.8 Å². The highest BCUT2D eigenvalue weighted by Gasteiger charge is 2.37. The smallest absolute Gasteiger partial charge is 0.228 e. The van der Waals surface area contributed by atoms with Crippen LogP contribution < -0.4 is 0 Å². The largest absolute Gasteiger partial charge is 0.507 e. The third-order valence-electron chi connectivity index (χ3n) is 4.34. The van der Waals surface area contributed by atoms with Gasteiger partial charge in [0.05, 0.1) is 24.9 Å². The van der Waals surface area contributed by atoms with Crippen LogP contribution in [0.4, 0.5) is 0 Å². The van der Waals surface area contributed by atoms with Crippen molar-refractivity contribution in [2.75, 3.05) is 7.11 Å². The zero-order valence-corrected chi connectivity index (χ0v) is 13.0. The fourth-order valence-electron chi connectivity index (χ4n) is 3.37. The fraction of sp³-hybridized carbons (Fsp3) is 0.412. The van der Waals surface area contributed by atoms with E-state index in [1.165, 1.54) is 14.0 Å². The second-order valence-corrected chi connectivity index (χ2v) is 5.83. The van der Waals surface area contributed by atoms with Gasteiger partial charge in [-0.2, -0.15) is 0 Å². The summed E-state index contributed by atoms with van der Waals surface area (Å²) in [5.41, 5.74) is 1.94. The maximum atomic E-state index is 12.5. The first kappa shape index (κ1) is 14.8. The predicted molar refractivity (Wildman–Crippen MR) is 79.1 cm³/mol. The lowest BCUT2D eigenvalue weighted by molar-refractivity contribution is -0.00609. The van der Waals surface area contributed by atoms with Crippen molar-refractivity contribution in [3.05, 3.63) is 39.7 Å². The van der Waals surface area contributed by atoms with Crippen LogP contribution in [0.1, 0.15) is 58.7 Å². The molecule has 1 aromatic carbocycles. The van der Waals surface area contributed by atoms with Crippen LogP contribution in [0.15, 0.2) is 17.4 Å². The first-order valence-electron chi connectivity index (χ1n) is 7.25. The highest BCUT2D eigenvalue weighted by Crippen LogP contribution is 2.42. The monoisotopic (exact) mass is 302 g/mol. The van der Waals surface area contributed by atoms with Crippen LogP contribution in [-0.4, -0.2) is 29.9 Å². The van der Waals surface area contributed by atoms with Gasteiger partial charge in [-0.15, -0.1) is 0 Å². The summed E-state index contributed by atoms with van der Waals surface area (Å²) in [6.45, 7) is 5.30. The maximum Gasteiger partial charge on any atom is 0.228 e. The van der Waals surface area contributed by atoms with Gasteiger partial charge >= 0.3 is 0 Å². The fourth-order valence-corrected chi connectivity index (χ4v) is 3.37. The van der Waals surface area contributed by atoms with Gasteiger partial charge in [0.25, 0.3) is 0 Å². The Kier molecular flexibility index (Phi) is 3.33. The summed E-state index contributed by atoms with van der Waals surface area (Å²) < 4.78 is 10.8. The van der Waals surface area contributed by atoms with E-state index in [9.17, 15) is 14.7 Å². The average Bonchev–Trinajstić information content (AvgIpc) is 2.44. The molecule has 0 fully saturated rings. The molecule has 1 heterocycles. The molecule has 3 rings (SSSR count). The van der Waals surface area contributed by atoms with Crippen LogP contribution in [0, 0.1) is 0 Å². The minimum atomic E-state index is -0.377. The van der Waals surface area contributed by atoms with E-state index in [0.29, 0.717) is 12.0 Å². The minimum Gasteiger partial charge on any atom is -0.507 e. The van der Waals surface area contributed by atoms with E-state index in [2.05, 4.69) is 0 Å². The second kappa shape index (κ2) is 4.95. The van der Waals surface area contributed by atoms with Crippen LogP contribution in [0.5, 0.6) is 5.75 Å². The number of phenols is 1. The van der Waals surface area contributed by atoms with E-state index in [1.54, 1.807) is 6.07 Å². The van der Waals surface area contributed by atoms with Crippen LogP contribution in [0.2, 0.25) is 0 Å². The molecule has 0 bridgehead atoms. The van der Waals surface area contributed by atoms with Crippen molar-refractivity contribution in [2.45, 2.75) is 39.4 Å². The maximum absolute atomic E-state index is 12.5. The Morgan fingerprint density at radius 2 is 1.95 bits per heavy atom. The molecule has 22 heavy (non-hydrogen) atoms. The summed E-state index contributed by atoms with van der Waals surface area (Å²) in [6.07, 6.45) is 0.265. The van der Waals surface area contributed by atoms with Gasteiger partial charge in [-0.25, -0.2) is 0 Å². The molecule has 1 aliphatic heterocycles. The Morgan fingerprint density at radius 3 is 2.59 bits per heavy atom. The SMILES string of the molecule is COC1=C(C)C(=O)c2c(cc3c(c2O)[C@@H](C)O[C@@H](C)C3)C1=O. The van der Waals surface area contributed by atoms with E-state index in [4.69, 9.17) is 9.47 Å². The van der Waals surface area contributed by atoms with Crippen molar-refractivity contribution < 1.29 is 24.2 Å². The molecule has 0 unspecified atom stereocenters. The molecule has 5 heteroatoms. The summed E-state index contributed by atoms with van der Waals surface area (Å²) in [4.78, 5) is 25.0. The van der Waals surface area contributed by atoms with Gasteiger partial charge in [0.15, 0.2) is 11.5 Å². The molecular formula is C17H18O5. The molecule has 1 aromatic rings. The van der Waals surface area contributed by atoms with Gasteiger partial charge in [-0.05, 0) is 38.8 Å². The van der Waals surface area contributed by atoms with E-state index < -0.39 is 0 Å². The molecule has 116 valence electrons. The second-order valence-electron chi connectivity index (χ2n) is 5.83. The number of fused-ring (bicyclic) bond motifs is 2. The Balaban J connectivity index is 2.28. The number of carbonyl (C=O) groups excluding carboxylic acids is 2. The van der Waals surface area contributed by atoms with E-state index in [-0.39, 0.29) is 52.0 Å². The van der Waals surface area contributed by atoms with Crippen molar-refractivity contribution in [1.82, 2.24) is 0 Å². The number of carbonyl (C=O) groups is 2. The quantitative estimate of drug-likeness (QED) is 0.863. The third kappa shape index (κ3) is 1.89. The molecule has 1 aliphatic carbocycles. The number of benzene rings is 1. The summed E-state index contributed by atoms with van der Waals surface area (Å²) in [6, 6.07) is 1.70. The number of hydrogen-bond donors (Lipinski definition) is 1. The Labute approximate surface area is 128 Å². The average molecular weight is 302 g/mol. The molecule has 0 aromatic heterocycles. The van der Waals surface area contributed by atoms with Gasteiger partial charge in [-0.3, -0.25) is 9.59 Å². The lowest BCUT2D eigenvalue weighted by Crippen LogP contribution is -2.27. The Bertz CT molecular complexity index is 729. The van der Waals surface area contributed by atoms with Crippen LogP contribution in [-0.2, 0) is 15.9 Å². The molecule has 0 saturated heterocycles. The van der Waals surface area contributed by atoms with Crippen molar-refractivity contribution in [1.29, 1.82) is 0 Å².